The molecule has 0 aromatic rings. The standard InChI is InChI=1S/C20H43NO2/c1-3-4-5-6-7-8-9-10-11-12-13-14-15-16-17-21(2)18-20(23)19-22/h20,22-23H,3-19H2,1-2H3/t20-/m1/s1. The van der Waals surface area contributed by atoms with E-state index in [1.165, 1.54) is 89.9 Å². The molecule has 0 fully saturated rings. The van der Waals surface area contributed by atoms with Gasteiger partial charge in [-0.1, -0.05) is 90.4 Å². The van der Waals surface area contributed by atoms with Gasteiger partial charge in [-0.2, -0.15) is 0 Å². The second kappa shape index (κ2) is 18.2. The molecule has 0 bridgehead atoms. The molecule has 0 aliphatic heterocycles. The minimum absolute atomic E-state index is 0.136. The summed E-state index contributed by atoms with van der Waals surface area (Å²) in [6, 6.07) is 0. The molecule has 2 N–H and O–H groups in total. The highest BCUT2D eigenvalue weighted by Gasteiger charge is 2.05. The molecule has 0 unspecified atom stereocenters. The van der Waals surface area contributed by atoms with Crippen LogP contribution in [0.15, 0.2) is 0 Å². The Morgan fingerprint density at radius 1 is 0.696 bits per heavy atom. The Kier molecular flexibility index (Phi) is 18.1. The van der Waals surface area contributed by atoms with Crippen LogP contribution in [0.5, 0.6) is 0 Å². The van der Waals surface area contributed by atoms with Crippen LogP contribution in [0.25, 0.3) is 0 Å². The van der Waals surface area contributed by atoms with Crippen LogP contribution < -0.4 is 0 Å². The quantitative estimate of drug-likeness (QED) is 0.357. The zero-order chi connectivity index (χ0) is 17.2. The van der Waals surface area contributed by atoms with Gasteiger partial charge in [0.2, 0.25) is 0 Å². The molecule has 23 heavy (non-hydrogen) atoms. The number of unbranched alkanes of at least 4 members (excludes halogenated alkanes) is 13. The maximum Gasteiger partial charge on any atom is 0.0897 e. The number of hydrogen-bond donors (Lipinski definition) is 2. The molecule has 0 spiro atoms. The number of aliphatic hydroxyl groups is 2. The smallest absolute Gasteiger partial charge is 0.0897 e. The van der Waals surface area contributed by atoms with E-state index in [1.807, 2.05) is 7.05 Å². The number of nitrogens with zero attached hydrogens (tertiary/aromatic N) is 1. The lowest BCUT2D eigenvalue weighted by Crippen LogP contribution is -2.31. The molecule has 0 saturated heterocycles. The summed E-state index contributed by atoms with van der Waals surface area (Å²) in [6.45, 7) is 3.74. The molecule has 0 aromatic carbocycles. The fraction of sp³-hybridized carbons (Fsp3) is 1.00. The van der Waals surface area contributed by atoms with Gasteiger partial charge < -0.3 is 15.1 Å². The lowest BCUT2D eigenvalue weighted by molar-refractivity contribution is 0.0662. The van der Waals surface area contributed by atoms with Gasteiger partial charge in [0, 0.05) is 6.54 Å². The van der Waals surface area contributed by atoms with Gasteiger partial charge in [0.1, 0.15) is 0 Å². The zero-order valence-electron chi connectivity index (χ0n) is 15.9. The molecule has 1 atom stereocenters. The Morgan fingerprint density at radius 3 is 1.48 bits per heavy atom. The lowest BCUT2D eigenvalue weighted by atomic mass is 10.0. The summed E-state index contributed by atoms with van der Waals surface area (Å²) in [5.74, 6) is 0. The van der Waals surface area contributed by atoms with Gasteiger partial charge in [0.25, 0.3) is 0 Å². The molecular weight excluding hydrogens is 286 g/mol. The van der Waals surface area contributed by atoms with Crippen molar-refractivity contribution in [1.82, 2.24) is 4.90 Å². The fourth-order valence-corrected chi connectivity index (χ4v) is 3.09. The van der Waals surface area contributed by atoms with Crippen molar-refractivity contribution in [1.29, 1.82) is 0 Å². The molecule has 0 saturated carbocycles. The van der Waals surface area contributed by atoms with Crippen LogP contribution in [0.1, 0.15) is 96.8 Å². The van der Waals surface area contributed by atoms with Crippen LogP contribution in [0.3, 0.4) is 0 Å². The topological polar surface area (TPSA) is 43.7 Å². The monoisotopic (exact) mass is 329 g/mol. The summed E-state index contributed by atoms with van der Waals surface area (Å²) in [5, 5.41) is 18.2. The molecule has 140 valence electrons. The molecule has 0 heterocycles. The molecule has 0 radical (unpaired) electrons. The Morgan fingerprint density at radius 2 is 1.09 bits per heavy atom. The average molecular weight is 330 g/mol. The predicted octanol–water partition coefficient (Wildman–Crippen LogP) is 4.75. The van der Waals surface area contributed by atoms with Gasteiger partial charge in [-0.15, -0.1) is 0 Å². The van der Waals surface area contributed by atoms with Crippen LogP contribution in [0.2, 0.25) is 0 Å². The van der Waals surface area contributed by atoms with Crippen molar-refractivity contribution in [3.05, 3.63) is 0 Å². The Hall–Kier alpha value is -0.120. The zero-order valence-corrected chi connectivity index (χ0v) is 15.9. The van der Waals surface area contributed by atoms with Gasteiger partial charge in [-0.3, -0.25) is 0 Å². The SMILES string of the molecule is CCCCCCCCCCCCCCCCN(C)C[C@@H](O)CO. The molecule has 0 aromatic heterocycles. The van der Waals surface area contributed by atoms with Gasteiger partial charge in [-0.25, -0.2) is 0 Å². The fourth-order valence-electron chi connectivity index (χ4n) is 3.09. The minimum atomic E-state index is -0.591. The lowest BCUT2D eigenvalue weighted by Gasteiger charge is -2.18. The first-order chi connectivity index (χ1) is 11.2. The summed E-state index contributed by atoms with van der Waals surface area (Å²) in [5.41, 5.74) is 0. The number of hydrogen-bond acceptors (Lipinski definition) is 3. The van der Waals surface area contributed by atoms with Crippen molar-refractivity contribution < 1.29 is 10.2 Å². The Bertz CT molecular complexity index is 224. The molecule has 0 aliphatic rings. The highest BCUT2D eigenvalue weighted by molar-refractivity contribution is 4.60. The minimum Gasteiger partial charge on any atom is -0.394 e. The second-order valence-corrected chi connectivity index (χ2v) is 7.19. The van der Waals surface area contributed by atoms with Crippen LogP contribution in [0, 0.1) is 0 Å². The summed E-state index contributed by atoms with van der Waals surface area (Å²) in [6.07, 6.45) is 18.8. The predicted molar refractivity (Wildman–Crippen MR) is 101 cm³/mol. The van der Waals surface area contributed by atoms with Gasteiger partial charge in [0.15, 0.2) is 0 Å². The number of rotatable bonds is 18. The van der Waals surface area contributed by atoms with Crippen molar-refractivity contribution >= 4 is 0 Å². The van der Waals surface area contributed by atoms with Crippen LogP contribution in [-0.4, -0.2) is 48.0 Å². The van der Waals surface area contributed by atoms with E-state index in [9.17, 15) is 5.11 Å². The molecule has 3 heteroatoms. The van der Waals surface area contributed by atoms with E-state index < -0.39 is 6.10 Å². The van der Waals surface area contributed by atoms with Crippen molar-refractivity contribution in [3.63, 3.8) is 0 Å². The summed E-state index contributed by atoms with van der Waals surface area (Å²) >= 11 is 0. The summed E-state index contributed by atoms with van der Waals surface area (Å²) in [4.78, 5) is 2.11. The van der Waals surface area contributed by atoms with E-state index in [0.29, 0.717) is 6.54 Å². The van der Waals surface area contributed by atoms with Gasteiger partial charge >= 0.3 is 0 Å². The van der Waals surface area contributed by atoms with Crippen LogP contribution >= 0.6 is 0 Å². The van der Waals surface area contributed by atoms with Crippen LogP contribution in [-0.2, 0) is 0 Å². The van der Waals surface area contributed by atoms with Gasteiger partial charge in [0.05, 0.1) is 12.7 Å². The van der Waals surface area contributed by atoms with Crippen molar-refractivity contribution in [2.24, 2.45) is 0 Å². The average Bonchev–Trinajstić information content (AvgIpc) is 2.55. The Balaban J connectivity index is 3.10. The molecular formula is C20H43NO2. The van der Waals surface area contributed by atoms with Crippen molar-refractivity contribution in [3.8, 4) is 0 Å². The third-order valence-electron chi connectivity index (χ3n) is 4.63. The first-order valence-electron chi connectivity index (χ1n) is 10.2. The number of aliphatic hydroxyl groups excluding tert-OH is 2. The summed E-state index contributed by atoms with van der Waals surface area (Å²) in [7, 11) is 2.02. The van der Waals surface area contributed by atoms with E-state index in [-0.39, 0.29) is 6.61 Å². The molecule has 3 nitrogen and oxygen atoms in total. The molecule has 0 amide bonds. The first-order valence-corrected chi connectivity index (χ1v) is 10.2. The third-order valence-corrected chi connectivity index (χ3v) is 4.63. The van der Waals surface area contributed by atoms with E-state index in [2.05, 4.69) is 11.8 Å². The molecule has 0 aliphatic carbocycles. The largest absolute Gasteiger partial charge is 0.394 e. The maximum atomic E-state index is 9.35. The van der Waals surface area contributed by atoms with Crippen LogP contribution in [0.4, 0.5) is 0 Å². The highest BCUT2D eigenvalue weighted by Crippen LogP contribution is 2.13. The van der Waals surface area contributed by atoms with E-state index in [0.717, 1.165) is 6.54 Å². The highest BCUT2D eigenvalue weighted by atomic mass is 16.3. The second-order valence-electron chi connectivity index (χ2n) is 7.19. The first kappa shape index (κ1) is 22.9. The number of likely N-dealkylation sites (N-methyl/N-ethyl adjacent to an activating group) is 1. The van der Waals surface area contributed by atoms with E-state index >= 15 is 0 Å². The Labute approximate surface area is 145 Å². The van der Waals surface area contributed by atoms with E-state index in [4.69, 9.17) is 5.11 Å². The van der Waals surface area contributed by atoms with Gasteiger partial charge in [-0.05, 0) is 20.0 Å². The molecule has 0 rings (SSSR count). The normalized spacial score (nSPS) is 12.9. The summed E-state index contributed by atoms with van der Waals surface area (Å²) < 4.78 is 0. The van der Waals surface area contributed by atoms with Crippen molar-refractivity contribution in [2.75, 3.05) is 26.7 Å². The van der Waals surface area contributed by atoms with E-state index in [1.54, 1.807) is 0 Å². The maximum absolute atomic E-state index is 9.35. The third kappa shape index (κ3) is 18.1. The van der Waals surface area contributed by atoms with Crippen molar-refractivity contribution in [2.45, 2.75) is 103 Å².